The van der Waals surface area contributed by atoms with E-state index >= 15 is 0 Å². The van der Waals surface area contributed by atoms with Crippen molar-refractivity contribution in [1.82, 2.24) is 9.47 Å². The second-order valence-electron chi connectivity index (χ2n) is 7.48. The molecule has 0 fully saturated rings. The summed E-state index contributed by atoms with van der Waals surface area (Å²) in [7, 11) is 1.99. The molecule has 0 aliphatic carbocycles. The molecule has 1 aliphatic heterocycles. The van der Waals surface area contributed by atoms with E-state index in [1.165, 1.54) is 0 Å². The average molecular weight is 436 g/mol. The van der Waals surface area contributed by atoms with Crippen molar-refractivity contribution in [2.45, 2.75) is 25.6 Å². The topological polar surface area (TPSA) is 37.3 Å². The maximum Gasteiger partial charge on any atom is 0.471 e. The van der Waals surface area contributed by atoms with E-state index in [0.29, 0.717) is 24.4 Å². The molecule has 2 heterocycles. The number of halogens is 4. The van der Waals surface area contributed by atoms with Crippen molar-refractivity contribution in [2.24, 2.45) is 7.05 Å². The van der Waals surface area contributed by atoms with Gasteiger partial charge in [0.15, 0.2) is 0 Å². The molecular weight excluding hydrogens is 415 g/mol. The van der Waals surface area contributed by atoms with Crippen LogP contribution >= 0.6 is 11.6 Å². The number of fused-ring (bicyclic) bond motifs is 2. The molecule has 2 aromatic carbocycles. The number of hydrogen-bond donors (Lipinski definition) is 1. The summed E-state index contributed by atoms with van der Waals surface area (Å²) in [6.07, 6.45) is -2.18. The molecule has 1 aromatic heterocycles. The average Bonchev–Trinajstić information content (AvgIpc) is 2.95. The fourth-order valence-electron chi connectivity index (χ4n) is 4.07. The van der Waals surface area contributed by atoms with E-state index in [2.05, 4.69) is 11.4 Å². The van der Waals surface area contributed by atoms with Crippen molar-refractivity contribution >= 4 is 34.1 Å². The highest BCUT2D eigenvalue weighted by atomic mass is 35.5. The van der Waals surface area contributed by atoms with Gasteiger partial charge in [-0.05, 0) is 47.7 Å². The van der Waals surface area contributed by atoms with E-state index in [1.807, 2.05) is 42.1 Å². The monoisotopic (exact) mass is 435 g/mol. The van der Waals surface area contributed by atoms with E-state index in [0.717, 1.165) is 38.2 Å². The fourth-order valence-corrected chi connectivity index (χ4v) is 4.32. The van der Waals surface area contributed by atoms with Gasteiger partial charge in [0, 0.05) is 43.8 Å². The van der Waals surface area contributed by atoms with Crippen LogP contribution in [0.4, 0.5) is 18.9 Å². The highest BCUT2D eigenvalue weighted by Gasteiger charge is 2.42. The SMILES string of the molecule is Cn1ccc2c(CNc3c(Cl)ccc4c3CCN(C(=O)C(F)(F)F)CC4)cccc21. The molecule has 0 unspecified atom stereocenters. The van der Waals surface area contributed by atoms with Crippen molar-refractivity contribution in [3.05, 3.63) is 64.3 Å². The van der Waals surface area contributed by atoms with Gasteiger partial charge in [0.2, 0.25) is 0 Å². The fraction of sp³-hybridized carbons (Fsp3) is 0.318. The lowest BCUT2D eigenvalue weighted by molar-refractivity contribution is -0.185. The third-order valence-electron chi connectivity index (χ3n) is 5.65. The maximum atomic E-state index is 12.9. The number of hydrogen-bond acceptors (Lipinski definition) is 2. The van der Waals surface area contributed by atoms with Gasteiger partial charge in [-0.25, -0.2) is 0 Å². The standard InChI is InChI=1S/C22H21ClF3N3O/c1-28-10-8-16-15(3-2-4-19(16)28)13-27-20-17-9-12-29(21(30)22(24,25)26)11-7-14(17)5-6-18(20)23/h2-6,8,10,27H,7,9,11-13H2,1H3. The van der Waals surface area contributed by atoms with E-state index < -0.39 is 12.1 Å². The first kappa shape index (κ1) is 20.6. The van der Waals surface area contributed by atoms with E-state index in [9.17, 15) is 18.0 Å². The molecule has 0 bridgehead atoms. The molecule has 8 heteroatoms. The zero-order chi connectivity index (χ0) is 21.5. The number of carbonyl (C=O) groups excluding carboxylic acids is 1. The molecule has 3 aromatic rings. The summed E-state index contributed by atoms with van der Waals surface area (Å²) in [4.78, 5) is 12.5. The summed E-state index contributed by atoms with van der Waals surface area (Å²) in [5.41, 5.74) is 4.73. The van der Waals surface area contributed by atoms with Crippen LogP contribution in [0.15, 0.2) is 42.6 Å². The molecule has 30 heavy (non-hydrogen) atoms. The van der Waals surface area contributed by atoms with Gasteiger partial charge in [-0.3, -0.25) is 4.79 Å². The van der Waals surface area contributed by atoms with Gasteiger partial charge in [-0.15, -0.1) is 0 Å². The third kappa shape index (κ3) is 3.86. The highest BCUT2D eigenvalue weighted by Crippen LogP contribution is 2.33. The number of carbonyl (C=O) groups is 1. The predicted octanol–water partition coefficient (Wildman–Crippen LogP) is 4.93. The lowest BCUT2D eigenvalue weighted by atomic mass is 10.0. The number of nitrogens with one attached hydrogen (secondary N) is 1. The molecule has 4 rings (SSSR count). The molecule has 0 atom stereocenters. The molecule has 1 amide bonds. The minimum Gasteiger partial charge on any atom is -0.380 e. The van der Waals surface area contributed by atoms with Crippen LogP contribution in [0, 0.1) is 0 Å². The normalized spacial score (nSPS) is 14.5. The summed E-state index contributed by atoms with van der Waals surface area (Å²) in [5, 5.41) is 5.04. The van der Waals surface area contributed by atoms with Crippen molar-refractivity contribution in [3.63, 3.8) is 0 Å². The molecule has 158 valence electrons. The van der Waals surface area contributed by atoms with E-state index in [4.69, 9.17) is 11.6 Å². The Hall–Kier alpha value is -2.67. The number of aryl methyl sites for hydroxylation is 1. The first-order valence-corrected chi connectivity index (χ1v) is 10.1. The lowest BCUT2D eigenvalue weighted by Crippen LogP contribution is -2.42. The number of alkyl halides is 3. The van der Waals surface area contributed by atoms with Gasteiger partial charge < -0.3 is 14.8 Å². The van der Waals surface area contributed by atoms with Crippen LogP contribution in [0.3, 0.4) is 0 Å². The molecule has 0 radical (unpaired) electrons. The quantitative estimate of drug-likeness (QED) is 0.633. The van der Waals surface area contributed by atoms with Gasteiger partial charge in [-0.2, -0.15) is 13.2 Å². The number of nitrogens with zero attached hydrogens (tertiary/aromatic N) is 2. The van der Waals surface area contributed by atoms with Crippen LogP contribution in [0.5, 0.6) is 0 Å². The van der Waals surface area contributed by atoms with Crippen LogP contribution in [-0.2, 0) is 31.2 Å². The van der Waals surface area contributed by atoms with Crippen molar-refractivity contribution < 1.29 is 18.0 Å². The summed E-state index contributed by atoms with van der Waals surface area (Å²) in [6.45, 7) is 0.576. The number of anilines is 1. The van der Waals surface area contributed by atoms with Gasteiger partial charge in [0.25, 0.3) is 0 Å². The first-order valence-electron chi connectivity index (χ1n) is 9.69. The summed E-state index contributed by atoms with van der Waals surface area (Å²) in [5.74, 6) is -1.79. The Balaban J connectivity index is 1.58. The Morgan fingerprint density at radius 2 is 1.90 bits per heavy atom. The second kappa shape index (κ2) is 7.87. The van der Waals surface area contributed by atoms with Crippen LogP contribution in [-0.4, -0.2) is 34.6 Å². The van der Waals surface area contributed by atoms with Gasteiger partial charge in [0.1, 0.15) is 0 Å². The summed E-state index contributed by atoms with van der Waals surface area (Å²) < 4.78 is 40.6. The molecule has 0 saturated heterocycles. The molecule has 4 nitrogen and oxygen atoms in total. The van der Waals surface area contributed by atoms with E-state index in [1.54, 1.807) is 6.07 Å². The number of rotatable bonds is 3. The zero-order valence-electron chi connectivity index (χ0n) is 16.4. The minimum atomic E-state index is -4.86. The largest absolute Gasteiger partial charge is 0.471 e. The Morgan fingerprint density at radius 3 is 2.67 bits per heavy atom. The van der Waals surface area contributed by atoms with Crippen LogP contribution in [0.25, 0.3) is 10.9 Å². The van der Waals surface area contributed by atoms with Crippen LogP contribution in [0.2, 0.25) is 5.02 Å². The first-order chi connectivity index (χ1) is 14.3. The smallest absolute Gasteiger partial charge is 0.380 e. The number of benzene rings is 2. The molecular formula is C22H21ClF3N3O. The predicted molar refractivity (Wildman–Crippen MR) is 112 cm³/mol. The summed E-state index contributed by atoms with van der Waals surface area (Å²) in [6, 6.07) is 11.7. The Bertz CT molecular complexity index is 1110. The van der Waals surface area contributed by atoms with Gasteiger partial charge in [0.05, 0.1) is 10.7 Å². The number of aromatic nitrogens is 1. The van der Waals surface area contributed by atoms with Crippen molar-refractivity contribution in [2.75, 3.05) is 18.4 Å². The second-order valence-corrected chi connectivity index (χ2v) is 7.89. The molecule has 0 saturated carbocycles. The molecule has 1 N–H and O–H groups in total. The van der Waals surface area contributed by atoms with Gasteiger partial charge >= 0.3 is 12.1 Å². The molecule has 0 spiro atoms. The van der Waals surface area contributed by atoms with Crippen LogP contribution in [0.1, 0.15) is 16.7 Å². The highest BCUT2D eigenvalue weighted by molar-refractivity contribution is 6.33. The van der Waals surface area contributed by atoms with Crippen LogP contribution < -0.4 is 5.32 Å². The third-order valence-corrected chi connectivity index (χ3v) is 5.96. The molecule has 1 aliphatic rings. The maximum absolute atomic E-state index is 12.9. The van der Waals surface area contributed by atoms with Gasteiger partial charge in [-0.1, -0.05) is 29.8 Å². The lowest BCUT2D eigenvalue weighted by Gasteiger charge is -2.21. The Kier molecular flexibility index (Phi) is 5.40. The Morgan fingerprint density at radius 1 is 1.13 bits per heavy atom. The van der Waals surface area contributed by atoms with Crippen molar-refractivity contribution in [3.8, 4) is 0 Å². The number of amides is 1. The minimum absolute atomic E-state index is 0.00856. The van der Waals surface area contributed by atoms with Crippen molar-refractivity contribution in [1.29, 1.82) is 0 Å². The van der Waals surface area contributed by atoms with E-state index in [-0.39, 0.29) is 13.1 Å². The Labute approximate surface area is 177 Å². The zero-order valence-corrected chi connectivity index (χ0v) is 17.1. The summed E-state index contributed by atoms with van der Waals surface area (Å²) >= 11 is 6.45.